The Morgan fingerprint density at radius 3 is 1.18 bits per heavy atom. The maximum atomic E-state index is 12.4. The van der Waals surface area contributed by atoms with Crippen molar-refractivity contribution in [3.63, 3.8) is 0 Å². The molecule has 0 rings (SSSR count). The van der Waals surface area contributed by atoms with E-state index in [0.717, 1.165) is 64.2 Å². The third kappa shape index (κ3) is 31.5. The zero-order valence-corrected chi connectivity index (χ0v) is 27.2. The molecule has 0 amide bonds. The molecule has 0 aromatic carbocycles. The summed E-state index contributed by atoms with van der Waals surface area (Å²) in [4.78, 5) is 23.0. The number of esters is 1. The van der Waals surface area contributed by atoms with Crippen LogP contribution in [0.15, 0.2) is 0 Å². The van der Waals surface area contributed by atoms with Crippen molar-refractivity contribution in [2.75, 3.05) is 0 Å². The van der Waals surface area contributed by atoms with E-state index < -0.39 is 5.97 Å². The second-order valence-corrected chi connectivity index (χ2v) is 12.4. The fraction of sp³-hybridized carbons (Fsp3) is 0.944. The van der Waals surface area contributed by atoms with E-state index in [1.54, 1.807) is 0 Å². The molecular weight excluding hydrogens is 496 g/mol. The van der Waals surface area contributed by atoms with Crippen molar-refractivity contribution in [2.24, 2.45) is 0 Å². The van der Waals surface area contributed by atoms with Crippen LogP contribution in [0.3, 0.4) is 0 Å². The van der Waals surface area contributed by atoms with Crippen LogP contribution in [-0.2, 0) is 14.3 Å². The molecule has 0 fully saturated rings. The van der Waals surface area contributed by atoms with Gasteiger partial charge < -0.3 is 9.84 Å². The van der Waals surface area contributed by atoms with Gasteiger partial charge in [-0.3, -0.25) is 9.59 Å². The number of carbonyl (C=O) groups excluding carboxylic acids is 1. The lowest BCUT2D eigenvalue weighted by atomic mass is 10.0. The molecule has 0 aromatic rings. The number of carboxylic acids is 1. The first-order chi connectivity index (χ1) is 19.6. The number of carbonyl (C=O) groups is 2. The minimum atomic E-state index is -0.674. The Hall–Kier alpha value is -1.06. The zero-order valence-electron chi connectivity index (χ0n) is 27.2. The summed E-state index contributed by atoms with van der Waals surface area (Å²) < 4.78 is 5.90. The van der Waals surface area contributed by atoms with Gasteiger partial charge >= 0.3 is 11.9 Å². The highest BCUT2D eigenvalue weighted by molar-refractivity contribution is 5.69. The Morgan fingerprint density at radius 1 is 0.450 bits per heavy atom. The molecule has 0 aliphatic carbocycles. The molecule has 4 nitrogen and oxygen atoms in total. The highest BCUT2D eigenvalue weighted by Gasteiger charge is 2.13. The molecule has 0 aromatic heterocycles. The third-order valence-electron chi connectivity index (χ3n) is 8.33. The van der Waals surface area contributed by atoms with E-state index in [1.807, 2.05) is 0 Å². The lowest BCUT2D eigenvalue weighted by Gasteiger charge is -2.18. The minimum Gasteiger partial charge on any atom is -0.481 e. The average Bonchev–Trinajstić information content (AvgIpc) is 2.94. The number of carboxylic acid groups (broad SMARTS) is 1. The fourth-order valence-corrected chi connectivity index (χ4v) is 5.64. The maximum absolute atomic E-state index is 12.4. The van der Waals surface area contributed by atoms with Gasteiger partial charge in [0.25, 0.3) is 0 Å². The summed E-state index contributed by atoms with van der Waals surface area (Å²) in [6, 6.07) is 0. The van der Waals surface area contributed by atoms with Crippen LogP contribution in [0.1, 0.15) is 213 Å². The largest absolute Gasteiger partial charge is 0.481 e. The monoisotopic (exact) mass is 567 g/mol. The molecule has 4 heteroatoms. The van der Waals surface area contributed by atoms with Crippen LogP contribution in [0.4, 0.5) is 0 Å². The normalized spacial score (nSPS) is 12.1. The molecule has 0 spiro atoms. The summed E-state index contributed by atoms with van der Waals surface area (Å²) in [6.45, 7) is 4.49. The van der Waals surface area contributed by atoms with Gasteiger partial charge in [0.2, 0.25) is 0 Å². The quantitative estimate of drug-likeness (QED) is 0.0633. The van der Waals surface area contributed by atoms with Gasteiger partial charge in [-0.25, -0.2) is 0 Å². The van der Waals surface area contributed by atoms with Gasteiger partial charge in [0.1, 0.15) is 6.10 Å². The van der Waals surface area contributed by atoms with Crippen molar-refractivity contribution < 1.29 is 19.4 Å². The van der Waals surface area contributed by atoms with Gasteiger partial charge in [-0.05, 0) is 32.1 Å². The number of rotatable bonds is 33. The summed E-state index contributed by atoms with van der Waals surface area (Å²) in [6.07, 6.45) is 37.3. The highest BCUT2D eigenvalue weighted by Crippen LogP contribution is 2.18. The van der Waals surface area contributed by atoms with E-state index >= 15 is 0 Å². The van der Waals surface area contributed by atoms with Gasteiger partial charge in [-0.1, -0.05) is 168 Å². The first-order valence-corrected chi connectivity index (χ1v) is 18.0. The molecule has 0 saturated heterocycles. The lowest BCUT2D eigenvalue weighted by molar-refractivity contribution is -0.150. The van der Waals surface area contributed by atoms with Crippen LogP contribution in [0, 0.1) is 0 Å². The zero-order chi connectivity index (χ0) is 29.4. The summed E-state index contributed by atoms with van der Waals surface area (Å²) >= 11 is 0. The summed E-state index contributed by atoms with van der Waals surface area (Å²) in [7, 11) is 0. The molecule has 0 bridgehead atoms. The van der Waals surface area contributed by atoms with E-state index in [1.165, 1.54) is 122 Å². The molecular formula is C36H70O4. The first kappa shape index (κ1) is 38.9. The first-order valence-electron chi connectivity index (χ1n) is 18.0. The van der Waals surface area contributed by atoms with Crippen LogP contribution < -0.4 is 0 Å². The van der Waals surface area contributed by atoms with Gasteiger partial charge in [-0.15, -0.1) is 0 Å². The Kier molecular flexibility index (Phi) is 31.6. The second-order valence-electron chi connectivity index (χ2n) is 12.4. The van der Waals surface area contributed by atoms with Crippen LogP contribution in [-0.4, -0.2) is 23.1 Å². The SMILES string of the molecule is CCCCCCCCCCCCCCCCCC(=O)OC(CCCC)CCCCCCCCCCCCC(=O)O. The van der Waals surface area contributed by atoms with E-state index in [0.29, 0.717) is 12.8 Å². The molecule has 0 saturated carbocycles. The molecule has 238 valence electrons. The van der Waals surface area contributed by atoms with E-state index in [2.05, 4.69) is 13.8 Å². The average molecular weight is 567 g/mol. The van der Waals surface area contributed by atoms with Crippen molar-refractivity contribution >= 4 is 11.9 Å². The minimum absolute atomic E-state index is 0.0270. The van der Waals surface area contributed by atoms with Crippen LogP contribution >= 0.6 is 0 Å². The second kappa shape index (κ2) is 32.5. The van der Waals surface area contributed by atoms with Crippen LogP contribution in [0.2, 0.25) is 0 Å². The topological polar surface area (TPSA) is 63.6 Å². The number of ether oxygens (including phenoxy) is 1. The predicted octanol–water partition coefficient (Wildman–Crippen LogP) is 12.1. The van der Waals surface area contributed by atoms with Crippen molar-refractivity contribution in [3.05, 3.63) is 0 Å². The van der Waals surface area contributed by atoms with E-state index in [-0.39, 0.29) is 12.1 Å². The molecule has 0 aliphatic rings. The van der Waals surface area contributed by atoms with Gasteiger partial charge in [0, 0.05) is 12.8 Å². The van der Waals surface area contributed by atoms with Crippen LogP contribution in [0.5, 0.6) is 0 Å². The molecule has 40 heavy (non-hydrogen) atoms. The summed E-state index contributed by atoms with van der Waals surface area (Å²) in [5.74, 6) is -0.647. The van der Waals surface area contributed by atoms with Crippen molar-refractivity contribution in [1.29, 1.82) is 0 Å². The standard InChI is InChI=1S/C36H70O4/c1-3-5-7-8-9-10-11-12-13-14-15-20-23-26-29-33-36(39)40-34(30-6-4-2)31-27-24-21-18-16-17-19-22-25-28-32-35(37)38/h34H,3-33H2,1-2H3,(H,37,38). The Balaban J connectivity index is 3.61. The number of hydrogen-bond acceptors (Lipinski definition) is 3. The Morgan fingerprint density at radius 2 is 0.775 bits per heavy atom. The predicted molar refractivity (Wildman–Crippen MR) is 172 cm³/mol. The molecule has 0 radical (unpaired) electrons. The van der Waals surface area contributed by atoms with E-state index in [4.69, 9.17) is 9.84 Å². The van der Waals surface area contributed by atoms with Crippen molar-refractivity contribution in [1.82, 2.24) is 0 Å². The summed E-state index contributed by atoms with van der Waals surface area (Å²) in [5.41, 5.74) is 0. The Bertz CT molecular complexity index is 533. The molecule has 1 unspecified atom stereocenters. The Labute approximate surface area is 250 Å². The van der Waals surface area contributed by atoms with Gasteiger partial charge in [0.15, 0.2) is 0 Å². The van der Waals surface area contributed by atoms with Gasteiger partial charge in [0.05, 0.1) is 0 Å². The smallest absolute Gasteiger partial charge is 0.306 e. The van der Waals surface area contributed by atoms with Crippen molar-refractivity contribution in [2.45, 2.75) is 219 Å². The van der Waals surface area contributed by atoms with Crippen LogP contribution in [0.25, 0.3) is 0 Å². The number of unbranched alkanes of at least 4 members (excludes halogenated alkanes) is 24. The molecule has 0 heterocycles. The molecule has 0 aliphatic heterocycles. The van der Waals surface area contributed by atoms with Gasteiger partial charge in [-0.2, -0.15) is 0 Å². The van der Waals surface area contributed by atoms with Crippen molar-refractivity contribution in [3.8, 4) is 0 Å². The lowest BCUT2D eigenvalue weighted by Crippen LogP contribution is -2.18. The maximum Gasteiger partial charge on any atom is 0.306 e. The number of aliphatic carboxylic acids is 1. The fourth-order valence-electron chi connectivity index (χ4n) is 5.64. The number of hydrogen-bond donors (Lipinski definition) is 1. The molecule has 1 atom stereocenters. The van der Waals surface area contributed by atoms with E-state index in [9.17, 15) is 9.59 Å². The summed E-state index contributed by atoms with van der Waals surface area (Å²) in [5, 5.41) is 8.67. The third-order valence-corrected chi connectivity index (χ3v) is 8.33. The highest BCUT2D eigenvalue weighted by atomic mass is 16.5. The molecule has 1 N–H and O–H groups in total.